The molecule has 0 aromatic heterocycles. The Morgan fingerprint density at radius 2 is 2.17 bits per heavy atom. The van der Waals surface area contributed by atoms with Crippen molar-refractivity contribution >= 4 is 29.9 Å². The fourth-order valence-corrected chi connectivity index (χ4v) is 2.70. The van der Waals surface area contributed by atoms with Crippen LogP contribution >= 0.6 is 24.0 Å². The van der Waals surface area contributed by atoms with Gasteiger partial charge < -0.3 is 20.5 Å². The summed E-state index contributed by atoms with van der Waals surface area (Å²) < 4.78 is 11.1. The molecule has 1 atom stereocenters. The summed E-state index contributed by atoms with van der Waals surface area (Å²) in [5.74, 6) is 0.675. The van der Waals surface area contributed by atoms with E-state index in [0.29, 0.717) is 49.9 Å². The second-order valence-electron chi connectivity index (χ2n) is 5.69. The topological polar surface area (TPSA) is 73.6 Å². The highest BCUT2D eigenvalue weighted by Gasteiger charge is 2.38. The number of amides is 1. The van der Waals surface area contributed by atoms with Crippen LogP contribution in [0.25, 0.3) is 0 Å². The molecule has 0 spiro atoms. The first-order chi connectivity index (χ1) is 10.6. The molecule has 0 bridgehead atoms. The van der Waals surface area contributed by atoms with Crippen LogP contribution in [0, 0.1) is 5.41 Å². The van der Waals surface area contributed by atoms with Gasteiger partial charge in [-0.15, -0.1) is 12.4 Å². The molecule has 1 aromatic carbocycles. The highest BCUT2D eigenvalue weighted by atomic mass is 35.5. The van der Waals surface area contributed by atoms with Gasteiger partial charge in [0, 0.05) is 24.8 Å². The van der Waals surface area contributed by atoms with Crippen molar-refractivity contribution in [2.24, 2.45) is 11.1 Å². The SMILES string of the molecule is CC(CNC(=O)C1(CN)CCOCC1)Oc1cccc(Cl)c1.Cl. The number of nitrogens with two attached hydrogens (primary N) is 1. The maximum Gasteiger partial charge on any atom is 0.227 e. The lowest BCUT2D eigenvalue weighted by Gasteiger charge is -2.34. The molecule has 3 N–H and O–H groups in total. The number of benzene rings is 1. The van der Waals surface area contributed by atoms with Gasteiger partial charge in [-0.3, -0.25) is 4.79 Å². The van der Waals surface area contributed by atoms with Crippen molar-refractivity contribution in [2.45, 2.75) is 25.9 Å². The van der Waals surface area contributed by atoms with Crippen LogP contribution in [0.15, 0.2) is 24.3 Å². The van der Waals surface area contributed by atoms with E-state index >= 15 is 0 Å². The smallest absolute Gasteiger partial charge is 0.227 e. The van der Waals surface area contributed by atoms with Crippen LogP contribution in [-0.4, -0.2) is 38.3 Å². The number of hydrogen-bond acceptors (Lipinski definition) is 4. The van der Waals surface area contributed by atoms with Gasteiger partial charge in [-0.1, -0.05) is 17.7 Å². The second-order valence-corrected chi connectivity index (χ2v) is 6.13. The summed E-state index contributed by atoms with van der Waals surface area (Å²) >= 11 is 5.92. The molecule has 1 amide bonds. The molecular formula is C16H24Cl2N2O3. The van der Waals surface area contributed by atoms with E-state index in [0.717, 1.165) is 0 Å². The van der Waals surface area contributed by atoms with Crippen molar-refractivity contribution in [3.05, 3.63) is 29.3 Å². The standard InChI is InChI=1S/C16H23ClN2O3.ClH/c1-12(22-14-4-2-3-13(17)9-14)10-19-15(20)16(11-18)5-7-21-8-6-16;/h2-4,9,12H,5-8,10-11,18H2,1H3,(H,19,20);1H. The number of rotatable bonds is 6. The lowest BCUT2D eigenvalue weighted by molar-refractivity contribution is -0.136. The van der Waals surface area contributed by atoms with E-state index in [-0.39, 0.29) is 24.4 Å². The van der Waals surface area contributed by atoms with Crippen molar-refractivity contribution in [1.29, 1.82) is 0 Å². The number of carbonyl (C=O) groups is 1. The summed E-state index contributed by atoms with van der Waals surface area (Å²) in [6.07, 6.45) is 1.18. The molecule has 1 fully saturated rings. The Kier molecular flexibility index (Phi) is 8.12. The Morgan fingerprint density at radius 1 is 1.48 bits per heavy atom. The molecule has 23 heavy (non-hydrogen) atoms. The number of halogens is 2. The maximum absolute atomic E-state index is 12.4. The quantitative estimate of drug-likeness (QED) is 0.814. The van der Waals surface area contributed by atoms with Gasteiger partial charge >= 0.3 is 0 Å². The molecule has 0 aliphatic carbocycles. The fraction of sp³-hybridized carbons (Fsp3) is 0.562. The lowest BCUT2D eigenvalue weighted by atomic mass is 9.79. The zero-order valence-corrected chi connectivity index (χ0v) is 14.8. The summed E-state index contributed by atoms with van der Waals surface area (Å²) in [5, 5.41) is 3.57. The van der Waals surface area contributed by atoms with Crippen molar-refractivity contribution in [1.82, 2.24) is 5.32 Å². The molecule has 1 unspecified atom stereocenters. The molecule has 1 heterocycles. The molecule has 0 radical (unpaired) electrons. The summed E-state index contributed by atoms with van der Waals surface area (Å²) in [4.78, 5) is 12.4. The van der Waals surface area contributed by atoms with Crippen LogP contribution in [0.3, 0.4) is 0 Å². The number of ether oxygens (including phenoxy) is 2. The largest absolute Gasteiger partial charge is 0.489 e. The third kappa shape index (κ3) is 5.53. The molecule has 1 aliphatic rings. The fourth-order valence-electron chi connectivity index (χ4n) is 2.52. The third-order valence-corrected chi connectivity index (χ3v) is 4.24. The summed E-state index contributed by atoms with van der Waals surface area (Å²) in [6, 6.07) is 7.20. The van der Waals surface area contributed by atoms with E-state index in [1.807, 2.05) is 19.1 Å². The molecule has 2 rings (SSSR count). The third-order valence-electron chi connectivity index (χ3n) is 4.01. The molecule has 7 heteroatoms. The molecule has 0 saturated carbocycles. The van der Waals surface area contributed by atoms with Gasteiger partial charge in [-0.2, -0.15) is 0 Å². The van der Waals surface area contributed by atoms with Gasteiger partial charge in [0.25, 0.3) is 0 Å². The molecular weight excluding hydrogens is 339 g/mol. The Morgan fingerprint density at radius 3 is 2.78 bits per heavy atom. The van der Waals surface area contributed by atoms with Crippen molar-refractivity contribution in [3.8, 4) is 5.75 Å². The van der Waals surface area contributed by atoms with E-state index < -0.39 is 5.41 Å². The summed E-state index contributed by atoms with van der Waals surface area (Å²) in [7, 11) is 0. The van der Waals surface area contributed by atoms with Crippen LogP contribution in [0.1, 0.15) is 19.8 Å². The summed E-state index contributed by atoms with van der Waals surface area (Å²) in [6.45, 7) is 3.83. The first kappa shape index (κ1) is 20.0. The maximum atomic E-state index is 12.4. The van der Waals surface area contributed by atoms with Crippen LogP contribution in [0.2, 0.25) is 5.02 Å². The minimum Gasteiger partial charge on any atom is -0.489 e. The van der Waals surface area contributed by atoms with Gasteiger partial charge in [0.05, 0.1) is 12.0 Å². The van der Waals surface area contributed by atoms with Gasteiger partial charge in [0.1, 0.15) is 11.9 Å². The van der Waals surface area contributed by atoms with Gasteiger partial charge in [-0.05, 0) is 38.0 Å². The number of hydrogen-bond donors (Lipinski definition) is 2. The van der Waals surface area contributed by atoms with E-state index in [1.165, 1.54) is 0 Å². The van der Waals surface area contributed by atoms with Gasteiger partial charge in [-0.25, -0.2) is 0 Å². The summed E-state index contributed by atoms with van der Waals surface area (Å²) in [5.41, 5.74) is 5.32. The monoisotopic (exact) mass is 362 g/mol. The average Bonchev–Trinajstić information content (AvgIpc) is 2.53. The number of nitrogens with one attached hydrogen (secondary N) is 1. The number of carbonyl (C=O) groups excluding carboxylic acids is 1. The van der Waals surface area contributed by atoms with E-state index in [2.05, 4.69) is 5.32 Å². The van der Waals surface area contributed by atoms with E-state index in [9.17, 15) is 4.79 Å². The lowest BCUT2D eigenvalue weighted by Crippen LogP contribution is -2.50. The van der Waals surface area contributed by atoms with E-state index in [4.69, 9.17) is 26.8 Å². The Bertz CT molecular complexity index is 508. The Labute approximate surface area is 148 Å². The average molecular weight is 363 g/mol. The minimum absolute atomic E-state index is 0. The van der Waals surface area contributed by atoms with Crippen LogP contribution in [-0.2, 0) is 9.53 Å². The first-order valence-electron chi connectivity index (χ1n) is 7.54. The van der Waals surface area contributed by atoms with Gasteiger partial charge in [0.15, 0.2) is 0 Å². The molecule has 1 aromatic rings. The van der Waals surface area contributed by atoms with Crippen LogP contribution in [0.4, 0.5) is 0 Å². The molecule has 1 aliphatic heterocycles. The normalized spacial score (nSPS) is 17.7. The first-order valence-corrected chi connectivity index (χ1v) is 7.92. The van der Waals surface area contributed by atoms with Gasteiger partial charge in [0.2, 0.25) is 5.91 Å². The molecule has 1 saturated heterocycles. The highest BCUT2D eigenvalue weighted by Crippen LogP contribution is 2.29. The second kappa shape index (κ2) is 9.33. The zero-order chi connectivity index (χ0) is 16.0. The van der Waals surface area contributed by atoms with Crippen molar-refractivity contribution in [3.63, 3.8) is 0 Å². The molecule has 130 valence electrons. The highest BCUT2D eigenvalue weighted by molar-refractivity contribution is 6.30. The predicted molar refractivity (Wildman–Crippen MR) is 93.3 cm³/mol. The Balaban J connectivity index is 0.00000264. The van der Waals surface area contributed by atoms with Crippen molar-refractivity contribution < 1.29 is 14.3 Å². The molecule has 5 nitrogen and oxygen atoms in total. The van der Waals surface area contributed by atoms with Crippen LogP contribution < -0.4 is 15.8 Å². The zero-order valence-electron chi connectivity index (χ0n) is 13.2. The van der Waals surface area contributed by atoms with Crippen LogP contribution in [0.5, 0.6) is 5.75 Å². The predicted octanol–water partition coefficient (Wildman–Crippen LogP) is 2.40. The van der Waals surface area contributed by atoms with Crippen molar-refractivity contribution in [2.75, 3.05) is 26.3 Å². The van der Waals surface area contributed by atoms with E-state index in [1.54, 1.807) is 12.1 Å². The minimum atomic E-state index is -0.506. The Hall–Kier alpha value is -1.01.